The van der Waals surface area contributed by atoms with Crippen LogP contribution in [0.25, 0.3) is 0 Å². The Hall–Kier alpha value is -1.84. The third-order valence-electron chi connectivity index (χ3n) is 5.56. The van der Waals surface area contributed by atoms with Crippen LogP contribution in [0.2, 0.25) is 0 Å². The molecule has 2 saturated heterocycles. The first kappa shape index (κ1) is 17.0. The molecular formula is C20H28N2O2. The van der Waals surface area contributed by atoms with Crippen LogP contribution in [0.5, 0.6) is 0 Å². The highest BCUT2D eigenvalue weighted by Crippen LogP contribution is 2.32. The molecule has 3 rings (SSSR count). The maximum atomic E-state index is 13.3. The quantitative estimate of drug-likeness (QED) is 0.835. The summed E-state index contributed by atoms with van der Waals surface area (Å²) in [6.45, 7) is 6.48. The maximum Gasteiger partial charge on any atom is 0.254 e. The molecule has 2 aliphatic heterocycles. The van der Waals surface area contributed by atoms with Crippen molar-refractivity contribution >= 4 is 11.8 Å². The van der Waals surface area contributed by atoms with Gasteiger partial charge < -0.3 is 9.80 Å². The Morgan fingerprint density at radius 1 is 1.08 bits per heavy atom. The molecule has 0 N–H and O–H groups in total. The number of hydrogen-bond donors (Lipinski definition) is 0. The van der Waals surface area contributed by atoms with Gasteiger partial charge in [0, 0.05) is 25.2 Å². The molecule has 0 spiro atoms. The second kappa shape index (κ2) is 6.96. The van der Waals surface area contributed by atoms with Gasteiger partial charge in [-0.25, -0.2) is 0 Å². The van der Waals surface area contributed by atoms with Gasteiger partial charge in [0.1, 0.15) is 5.54 Å². The summed E-state index contributed by atoms with van der Waals surface area (Å²) in [7, 11) is 0. The zero-order valence-corrected chi connectivity index (χ0v) is 14.8. The van der Waals surface area contributed by atoms with Crippen LogP contribution < -0.4 is 0 Å². The smallest absolute Gasteiger partial charge is 0.254 e. The number of carbonyl (C=O) groups is 2. The van der Waals surface area contributed by atoms with E-state index in [2.05, 4.69) is 6.92 Å². The molecule has 2 atom stereocenters. The fourth-order valence-corrected chi connectivity index (χ4v) is 4.12. The Labute approximate surface area is 144 Å². The minimum Gasteiger partial charge on any atom is -0.340 e. The van der Waals surface area contributed by atoms with E-state index in [1.807, 2.05) is 47.1 Å². The molecule has 0 bridgehead atoms. The third-order valence-corrected chi connectivity index (χ3v) is 5.56. The second-order valence-corrected chi connectivity index (χ2v) is 7.55. The van der Waals surface area contributed by atoms with Gasteiger partial charge in [0.25, 0.3) is 5.91 Å². The zero-order chi connectivity index (χ0) is 17.2. The third kappa shape index (κ3) is 3.19. The molecular weight excluding hydrogens is 300 g/mol. The Morgan fingerprint density at radius 3 is 2.54 bits per heavy atom. The van der Waals surface area contributed by atoms with Crippen molar-refractivity contribution in [3.8, 4) is 0 Å². The summed E-state index contributed by atoms with van der Waals surface area (Å²) in [5.74, 6) is 0.669. The topological polar surface area (TPSA) is 40.6 Å². The van der Waals surface area contributed by atoms with E-state index in [0.717, 1.165) is 38.8 Å². The van der Waals surface area contributed by atoms with Crippen molar-refractivity contribution in [2.24, 2.45) is 5.92 Å². The van der Waals surface area contributed by atoms with E-state index in [4.69, 9.17) is 0 Å². The molecule has 0 radical (unpaired) electrons. The second-order valence-electron chi connectivity index (χ2n) is 7.55. The maximum absolute atomic E-state index is 13.3. The summed E-state index contributed by atoms with van der Waals surface area (Å²) in [6.07, 6.45) is 4.99. The van der Waals surface area contributed by atoms with Gasteiger partial charge in [-0.1, -0.05) is 25.1 Å². The van der Waals surface area contributed by atoms with Gasteiger partial charge in [0.15, 0.2) is 0 Å². The molecule has 2 heterocycles. The lowest BCUT2D eigenvalue weighted by Crippen LogP contribution is -2.62. The minimum absolute atomic E-state index is 0.0174. The molecule has 2 aliphatic rings. The molecule has 4 nitrogen and oxygen atoms in total. The fraction of sp³-hybridized carbons (Fsp3) is 0.600. The van der Waals surface area contributed by atoms with E-state index in [1.165, 1.54) is 6.42 Å². The normalized spacial score (nSPS) is 27.8. The molecule has 24 heavy (non-hydrogen) atoms. The monoisotopic (exact) mass is 328 g/mol. The number of likely N-dealkylation sites (tertiary alicyclic amines) is 2. The summed E-state index contributed by atoms with van der Waals surface area (Å²) in [5.41, 5.74) is -0.0344. The van der Waals surface area contributed by atoms with Gasteiger partial charge in [-0.05, 0) is 57.1 Å². The van der Waals surface area contributed by atoms with Crippen LogP contribution in [0, 0.1) is 5.92 Å². The predicted molar refractivity (Wildman–Crippen MR) is 94.7 cm³/mol. The highest BCUT2D eigenvalue weighted by molar-refractivity contribution is 5.99. The summed E-state index contributed by atoms with van der Waals surface area (Å²) in [6, 6.07) is 9.34. The number of amides is 2. The highest BCUT2D eigenvalue weighted by atomic mass is 16.2. The largest absolute Gasteiger partial charge is 0.340 e. The van der Waals surface area contributed by atoms with Crippen LogP contribution in [-0.4, -0.2) is 46.8 Å². The fourth-order valence-electron chi connectivity index (χ4n) is 4.12. The van der Waals surface area contributed by atoms with Crippen LogP contribution in [-0.2, 0) is 4.79 Å². The summed E-state index contributed by atoms with van der Waals surface area (Å²) < 4.78 is 0. The van der Waals surface area contributed by atoms with Gasteiger partial charge in [-0.3, -0.25) is 9.59 Å². The number of benzene rings is 1. The van der Waals surface area contributed by atoms with Crippen molar-refractivity contribution in [2.75, 3.05) is 19.6 Å². The van der Waals surface area contributed by atoms with Crippen molar-refractivity contribution in [1.29, 1.82) is 0 Å². The molecule has 0 saturated carbocycles. The number of piperidine rings is 2. The van der Waals surface area contributed by atoms with E-state index in [9.17, 15) is 9.59 Å². The van der Waals surface area contributed by atoms with Gasteiger partial charge in [0.05, 0.1) is 0 Å². The zero-order valence-electron chi connectivity index (χ0n) is 14.8. The molecule has 2 fully saturated rings. The van der Waals surface area contributed by atoms with Crippen LogP contribution in [0.4, 0.5) is 0 Å². The predicted octanol–water partition coefficient (Wildman–Crippen LogP) is 3.33. The molecule has 1 aromatic rings. The Morgan fingerprint density at radius 2 is 1.83 bits per heavy atom. The van der Waals surface area contributed by atoms with Crippen molar-refractivity contribution in [2.45, 2.75) is 51.5 Å². The molecule has 1 aromatic carbocycles. The minimum atomic E-state index is -0.706. The van der Waals surface area contributed by atoms with Crippen molar-refractivity contribution in [3.05, 3.63) is 35.9 Å². The van der Waals surface area contributed by atoms with E-state index in [1.54, 1.807) is 0 Å². The number of rotatable bonds is 2. The molecule has 4 heteroatoms. The Bertz CT molecular complexity index is 601. The standard InChI is InChI=1S/C20H28N2O2/c1-16-9-8-13-21(15-16)19(24)20(2)12-6-7-14-22(20)18(23)17-10-4-3-5-11-17/h3-5,10-11,16H,6-9,12-15H2,1-2H3. The molecule has 2 unspecified atom stereocenters. The van der Waals surface area contributed by atoms with Crippen molar-refractivity contribution in [1.82, 2.24) is 9.80 Å². The van der Waals surface area contributed by atoms with Gasteiger partial charge >= 0.3 is 0 Å². The lowest BCUT2D eigenvalue weighted by molar-refractivity contribution is -0.145. The van der Waals surface area contributed by atoms with Crippen molar-refractivity contribution in [3.63, 3.8) is 0 Å². The number of carbonyl (C=O) groups excluding carboxylic acids is 2. The first-order valence-electron chi connectivity index (χ1n) is 9.19. The SMILES string of the molecule is CC1CCCN(C(=O)C2(C)CCCCN2C(=O)c2ccccc2)C1. The van der Waals surface area contributed by atoms with Crippen molar-refractivity contribution < 1.29 is 9.59 Å². The van der Waals surface area contributed by atoms with Gasteiger partial charge in [0.2, 0.25) is 5.91 Å². The lowest BCUT2D eigenvalue weighted by atomic mass is 9.85. The van der Waals surface area contributed by atoms with Crippen LogP contribution >= 0.6 is 0 Å². The van der Waals surface area contributed by atoms with Gasteiger partial charge in [-0.15, -0.1) is 0 Å². The van der Waals surface area contributed by atoms with E-state index in [0.29, 0.717) is 18.0 Å². The first-order chi connectivity index (χ1) is 11.5. The summed E-state index contributed by atoms with van der Waals surface area (Å²) in [5, 5.41) is 0. The number of hydrogen-bond acceptors (Lipinski definition) is 2. The lowest BCUT2D eigenvalue weighted by Gasteiger charge is -2.47. The van der Waals surface area contributed by atoms with Gasteiger partial charge in [-0.2, -0.15) is 0 Å². The molecule has 0 aliphatic carbocycles. The average molecular weight is 328 g/mol. The van der Waals surface area contributed by atoms with E-state index in [-0.39, 0.29) is 11.8 Å². The van der Waals surface area contributed by atoms with E-state index >= 15 is 0 Å². The molecule has 0 aromatic heterocycles. The van der Waals surface area contributed by atoms with Crippen LogP contribution in [0.3, 0.4) is 0 Å². The van der Waals surface area contributed by atoms with E-state index < -0.39 is 5.54 Å². The van der Waals surface area contributed by atoms with Crippen LogP contribution in [0.1, 0.15) is 56.3 Å². The highest BCUT2D eigenvalue weighted by Gasteiger charge is 2.46. The Kier molecular flexibility index (Phi) is 4.93. The molecule has 2 amide bonds. The Balaban J connectivity index is 1.84. The first-order valence-corrected chi connectivity index (χ1v) is 9.19. The van der Waals surface area contributed by atoms with Crippen LogP contribution in [0.15, 0.2) is 30.3 Å². The number of nitrogens with zero attached hydrogens (tertiary/aromatic N) is 2. The molecule has 130 valence electrons. The summed E-state index contributed by atoms with van der Waals surface area (Å²) in [4.78, 5) is 30.1. The average Bonchev–Trinajstić information content (AvgIpc) is 2.61. The summed E-state index contributed by atoms with van der Waals surface area (Å²) >= 11 is 0.